The summed E-state index contributed by atoms with van der Waals surface area (Å²) in [6, 6.07) is 16.7. The minimum Gasteiger partial charge on any atom is -0.480 e. The Balaban J connectivity index is 1.87. The highest BCUT2D eigenvalue weighted by molar-refractivity contribution is 8.14. The summed E-state index contributed by atoms with van der Waals surface area (Å²) in [6.45, 7) is 1.57. The van der Waals surface area contributed by atoms with E-state index in [-0.39, 0.29) is 6.61 Å². The molecule has 136 valence electrons. The minimum absolute atomic E-state index is 0.0858. The van der Waals surface area contributed by atoms with Crippen LogP contribution >= 0.6 is 11.8 Å². The summed E-state index contributed by atoms with van der Waals surface area (Å²) in [5, 5.41) is 10.3. The van der Waals surface area contributed by atoms with E-state index in [1.165, 1.54) is 6.92 Å². The van der Waals surface area contributed by atoms with E-state index in [1.54, 1.807) is 30.3 Å². The van der Waals surface area contributed by atoms with Gasteiger partial charge in [-0.1, -0.05) is 72.4 Å². The van der Waals surface area contributed by atoms with Crippen LogP contribution in [-0.4, -0.2) is 28.3 Å². The van der Waals surface area contributed by atoms with Crippen molar-refractivity contribution in [2.45, 2.75) is 24.8 Å². The van der Waals surface area contributed by atoms with E-state index in [9.17, 15) is 19.5 Å². The molecule has 2 aromatic rings. The number of amides is 1. The topological polar surface area (TPSA) is 92.7 Å². The van der Waals surface area contributed by atoms with Gasteiger partial charge in [0.15, 0.2) is 0 Å². The Bertz CT molecular complexity index is 751. The van der Waals surface area contributed by atoms with Crippen LogP contribution in [0.25, 0.3) is 0 Å². The molecule has 26 heavy (non-hydrogen) atoms. The number of carbonyl (C=O) groups excluding carboxylic acids is 2. The molecule has 1 amide bonds. The maximum absolute atomic E-state index is 12.3. The number of hydrogen-bond donors (Lipinski definition) is 2. The zero-order valence-electron chi connectivity index (χ0n) is 14.1. The Kier molecular flexibility index (Phi) is 7.23. The maximum Gasteiger partial charge on any atom is 0.408 e. The van der Waals surface area contributed by atoms with Gasteiger partial charge in [0.1, 0.15) is 11.9 Å². The molecular formula is C19H19NO5S. The van der Waals surface area contributed by atoms with Crippen LogP contribution in [0.1, 0.15) is 23.3 Å². The summed E-state index contributed by atoms with van der Waals surface area (Å²) < 4.78 is 5.06. The molecule has 7 heteroatoms. The number of carboxylic acids is 1. The third kappa shape index (κ3) is 5.93. The molecule has 0 spiro atoms. The van der Waals surface area contributed by atoms with E-state index >= 15 is 0 Å². The molecule has 0 aromatic heterocycles. The molecule has 6 nitrogen and oxygen atoms in total. The van der Waals surface area contributed by atoms with Crippen molar-refractivity contribution < 1.29 is 24.2 Å². The number of aliphatic carboxylic acids is 1. The highest BCUT2D eigenvalue weighted by atomic mass is 32.2. The molecule has 1 unspecified atom stereocenters. The van der Waals surface area contributed by atoms with Crippen molar-refractivity contribution in [2.24, 2.45) is 0 Å². The normalized spacial score (nSPS) is 12.7. The number of hydrogen-bond acceptors (Lipinski definition) is 5. The van der Waals surface area contributed by atoms with Gasteiger partial charge >= 0.3 is 12.1 Å². The van der Waals surface area contributed by atoms with Gasteiger partial charge in [-0.25, -0.2) is 4.79 Å². The van der Waals surface area contributed by atoms with E-state index in [0.29, 0.717) is 17.3 Å². The van der Waals surface area contributed by atoms with Crippen molar-refractivity contribution in [3.05, 3.63) is 71.8 Å². The van der Waals surface area contributed by atoms with Crippen molar-refractivity contribution >= 4 is 28.9 Å². The number of benzene rings is 2. The van der Waals surface area contributed by atoms with E-state index in [4.69, 9.17) is 4.74 Å². The molecule has 0 saturated carbocycles. The molecule has 0 aliphatic carbocycles. The molecule has 0 aliphatic heterocycles. The van der Waals surface area contributed by atoms with Crippen LogP contribution in [0.5, 0.6) is 0 Å². The second-order valence-electron chi connectivity index (χ2n) is 5.49. The van der Waals surface area contributed by atoms with Gasteiger partial charge in [-0.2, -0.15) is 0 Å². The van der Waals surface area contributed by atoms with Crippen molar-refractivity contribution in [1.29, 1.82) is 0 Å². The van der Waals surface area contributed by atoms with Gasteiger partial charge in [-0.15, -0.1) is 0 Å². The molecular weight excluding hydrogens is 354 g/mol. The fourth-order valence-electron chi connectivity index (χ4n) is 2.11. The average molecular weight is 373 g/mol. The Labute approximate surface area is 155 Å². The van der Waals surface area contributed by atoms with Crippen molar-refractivity contribution in [1.82, 2.24) is 5.32 Å². The van der Waals surface area contributed by atoms with Crippen LogP contribution in [-0.2, 0) is 20.9 Å². The molecule has 2 N–H and O–H groups in total. The molecule has 0 aliphatic rings. The third-order valence-corrected chi connectivity index (χ3v) is 4.76. The highest BCUT2D eigenvalue weighted by Gasteiger charge is 2.27. The lowest BCUT2D eigenvalue weighted by Gasteiger charge is -2.16. The first-order valence-corrected chi connectivity index (χ1v) is 8.81. The summed E-state index contributed by atoms with van der Waals surface area (Å²) in [4.78, 5) is 35.5. The predicted octanol–water partition coefficient (Wildman–Crippen LogP) is 3.39. The van der Waals surface area contributed by atoms with Crippen molar-refractivity contribution in [3.63, 3.8) is 0 Å². The summed E-state index contributed by atoms with van der Waals surface area (Å²) >= 11 is 0.662. The van der Waals surface area contributed by atoms with E-state index in [2.05, 4.69) is 5.32 Å². The summed E-state index contributed by atoms with van der Waals surface area (Å²) in [6.07, 6.45) is -0.734. The zero-order chi connectivity index (χ0) is 18.9. The number of thioether (sulfide) groups is 1. The number of nitrogens with one attached hydrogen (secondary N) is 1. The summed E-state index contributed by atoms with van der Waals surface area (Å²) in [5.41, 5.74) is 1.34. The largest absolute Gasteiger partial charge is 0.480 e. The smallest absolute Gasteiger partial charge is 0.408 e. The fourth-order valence-corrected chi connectivity index (χ4v) is 3.00. The minimum atomic E-state index is -1.12. The lowest BCUT2D eigenvalue weighted by molar-refractivity contribution is -0.136. The molecule has 0 bridgehead atoms. The second kappa shape index (κ2) is 9.62. The Morgan fingerprint density at radius 1 is 1.04 bits per heavy atom. The molecule has 0 saturated heterocycles. The first-order valence-electron chi connectivity index (χ1n) is 7.93. The Morgan fingerprint density at radius 3 is 2.19 bits per heavy atom. The number of carboxylic acid groups (broad SMARTS) is 1. The van der Waals surface area contributed by atoms with Gasteiger partial charge in [-0.05, 0) is 18.1 Å². The van der Waals surface area contributed by atoms with Crippen LogP contribution in [0.3, 0.4) is 0 Å². The van der Waals surface area contributed by atoms with Gasteiger partial charge in [0.2, 0.25) is 5.12 Å². The highest BCUT2D eigenvalue weighted by Crippen LogP contribution is 2.30. The van der Waals surface area contributed by atoms with Gasteiger partial charge < -0.3 is 15.2 Å². The third-order valence-electron chi connectivity index (χ3n) is 3.46. The standard InChI is InChI=1S/C19H19NO5S/c1-13(20-19(24)25-12-14-8-4-2-5-9-14)18(23)26-16(17(21)22)15-10-6-3-7-11-15/h2-11,13,16H,12H2,1H3,(H,20,24)(H,21,22)/t13-,16?/m1/s1. The predicted molar refractivity (Wildman–Crippen MR) is 98.6 cm³/mol. The molecule has 2 rings (SSSR count). The van der Waals surface area contributed by atoms with E-state index in [1.807, 2.05) is 30.3 Å². The number of rotatable bonds is 7. The van der Waals surface area contributed by atoms with Crippen LogP contribution in [0.15, 0.2) is 60.7 Å². The molecule has 0 fully saturated rings. The monoisotopic (exact) mass is 373 g/mol. The molecule has 0 radical (unpaired) electrons. The lowest BCUT2D eigenvalue weighted by Crippen LogP contribution is -2.38. The summed E-state index contributed by atoms with van der Waals surface area (Å²) in [7, 11) is 0. The first kappa shape index (κ1) is 19.5. The molecule has 2 aromatic carbocycles. The Morgan fingerprint density at radius 2 is 1.62 bits per heavy atom. The number of carbonyl (C=O) groups is 3. The van der Waals surface area contributed by atoms with Crippen molar-refractivity contribution in [2.75, 3.05) is 0 Å². The van der Waals surface area contributed by atoms with Gasteiger partial charge in [0, 0.05) is 0 Å². The van der Waals surface area contributed by atoms with Crippen LogP contribution < -0.4 is 5.32 Å². The van der Waals surface area contributed by atoms with E-state index in [0.717, 1.165) is 5.56 Å². The number of alkyl carbamates (subject to hydrolysis) is 1. The van der Waals surface area contributed by atoms with Gasteiger partial charge in [-0.3, -0.25) is 9.59 Å². The second-order valence-corrected chi connectivity index (χ2v) is 6.60. The zero-order valence-corrected chi connectivity index (χ0v) is 14.9. The van der Waals surface area contributed by atoms with Crippen LogP contribution in [0.2, 0.25) is 0 Å². The molecule has 0 heterocycles. The Hall–Kier alpha value is -2.80. The van der Waals surface area contributed by atoms with Crippen LogP contribution in [0, 0.1) is 0 Å². The van der Waals surface area contributed by atoms with Gasteiger partial charge in [0.25, 0.3) is 0 Å². The summed E-state index contributed by atoms with van der Waals surface area (Å²) in [5.74, 6) is -1.12. The quantitative estimate of drug-likeness (QED) is 0.773. The maximum atomic E-state index is 12.3. The fraction of sp³-hybridized carbons (Fsp3) is 0.211. The first-order chi connectivity index (χ1) is 12.5. The number of ether oxygens (including phenoxy) is 1. The SMILES string of the molecule is C[C@@H](NC(=O)OCc1ccccc1)C(=O)SC(C(=O)O)c1ccccc1. The van der Waals surface area contributed by atoms with Gasteiger partial charge in [0.05, 0.1) is 6.04 Å². The molecule has 2 atom stereocenters. The van der Waals surface area contributed by atoms with Crippen molar-refractivity contribution in [3.8, 4) is 0 Å². The average Bonchev–Trinajstić information content (AvgIpc) is 2.65. The van der Waals surface area contributed by atoms with E-state index < -0.39 is 28.5 Å². The van der Waals surface area contributed by atoms with Crippen LogP contribution in [0.4, 0.5) is 4.79 Å². The lowest BCUT2D eigenvalue weighted by atomic mass is 10.1.